The molecule has 1 atom stereocenters. The summed E-state index contributed by atoms with van der Waals surface area (Å²) in [5, 5.41) is 9.17. The van der Waals surface area contributed by atoms with Crippen LogP contribution in [0.5, 0.6) is 0 Å². The molecular formula is C15H28N2O3. The molecule has 3 N–H and O–H groups in total. The van der Waals surface area contributed by atoms with Gasteiger partial charge in [-0.1, -0.05) is 39.0 Å². The molecule has 1 aliphatic rings. The van der Waals surface area contributed by atoms with Crippen LogP contribution >= 0.6 is 0 Å². The van der Waals surface area contributed by atoms with Crippen molar-refractivity contribution in [1.29, 1.82) is 0 Å². The third-order valence-corrected chi connectivity index (χ3v) is 4.49. The molecule has 1 saturated carbocycles. The molecule has 0 saturated heterocycles. The largest absolute Gasteiger partial charge is 0.481 e. The van der Waals surface area contributed by atoms with Gasteiger partial charge in [-0.05, 0) is 19.3 Å². The maximum absolute atomic E-state index is 12.4. The first-order valence-corrected chi connectivity index (χ1v) is 7.68. The molecule has 0 bridgehead atoms. The predicted molar refractivity (Wildman–Crippen MR) is 78.3 cm³/mol. The number of rotatable bonds is 7. The van der Waals surface area contributed by atoms with Crippen LogP contribution in [0.25, 0.3) is 0 Å². The van der Waals surface area contributed by atoms with Crippen molar-refractivity contribution in [2.45, 2.75) is 76.3 Å². The third-order valence-electron chi connectivity index (χ3n) is 4.49. The summed E-state index contributed by atoms with van der Waals surface area (Å²) in [5.74, 6) is -0.949. The number of nitrogens with zero attached hydrogens (tertiary/aromatic N) is 1. The fourth-order valence-electron chi connectivity index (χ4n) is 3.15. The molecule has 5 heteroatoms. The number of aliphatic carboxylic acids is 1. The minimum absolute atomic E-state index is 0.0235. The van der Waals surface area contributed by atoms with Crippen LogP contribution in [0.2, 0.25) is 0 Å². The van der Waals surface area contributed by atoms with E-state index in [9.17, 15) is 14.7 Å². The van der Waals surface area contributed by atoms with E-state index in [0.717, 1.165) is 44.9 Å². The molecule has 20 heavy (non-hydrogen) atoms. The van der Waals surface area contributed by atoms with E-state index in [-0.39, 0.29) is 12.3 Å². The fourth-order valence-corrected chi connectivity index (χ4v) is 3.15. The zero-order valence-corrected chi connectivity index (χ0v) is 12.7. The number of carbonyl (C=O) groups is 2. The number of nitrogens with two attached hydrogens (primary N) is 1. The number of unbranched alkanes of at least 4 members (excludes halogenated alkanes) is 1. The Labute approximate surface area is 121 Å². The molecule has 0 aliphatic heterocycles. The van der Waals surface area contributed by atoms with Gasteiger partial charge in [-0.3, -0.25) is 9.59 Å². The monoisotopic (exact) mass is 284 g/mol. The van der Waals surface area contributed by atoms with Gasteiger partial charge in [-0.25, -0.2) is 0 Å². The lowest BCUT2D eigenvalue weighted by Crippen LogP contribution is -2.56. The minimum Gasteiger partial charge on any atom is -0.481 e. The minimum atomic E-state index is -0.839. The van der Waals surface area contributed by atoms with Crippen LogP contribution in [0, 0.1) is 0 Å². The molecule has 0 aromatic carbocycles. The van der Waals surface area contributed by atoms with Gasteiger partial charge in [0.15, 0.2) is 0 Å². The number of hydrogen-bond acceptors (Lipinski definition) is 3. The first-order valence-electron chi connectivity index (χ1n) is 7.68. The van der Waals surface area contributed by atoms with Gasteiger partial charge in [0, 0.05) is 7.05 Å². The van der Waals surface area contributed by atoms with Gasteiger partial charge in [0.2, 0.25) is 5.91 Å². The van der Waals surface area contributed by atoms with Crippen LogP contribution in [-0.4, -0.2) is 40.5 Å². The predicted octanol–water partition coefficient (Wildman–Crippen LogP) is 2.14. The Hall–Kier alpha value is -1.10. The van der Waals surface area contributed by atoms with Crippen LogP contribution in [0.4, 0.5) is 0 Å². The summed E-state index contributed by atoms with van der Waals surface area (Å²) in [7, 11) is 1.72. The molecule has 0 aromatic rings. The van der Waals surface area contributed by atoms with E-state index in [0.29, 0.717) is 6.42 Å². The number of carboxylic acid groups (broad SMARTS) is 1. The Morgan fingerprint density at radius 1 is 1.30 bits per heavy atom. The highest BCUT2D eigenvalue weighted by atomic mass is 16.4. The van der Waals surface area contributed by atoms with Crippen molar-refractivity contribution >= 4 is 11.9 Å². The Balaban J connectivity index is 2.78. The standard InChI is InChI=1S/C15H28N2O3/c1-3-4-8-12(16)14(20)17(2)15(11-13(18)19)9-6-5-7-10-15/h12H,3-11,16H2,1-2H3,(H,18,19)/t12-/m0/s1. The Bertz CT molecular complexity index is 338. The molecule has 0 radical (unpaired) electrons. The number of carbonyl (C=O) groups excluding carboxylic acids is 1. The molecule has 116 valence electrons. The van der Waals surface area contributed by atoms with Crippen LogP contribution < -0.4 is 5.73 Å². The second-order valence-corrected chi connectivity index (χ2v) is 6.00. The molecule has 1 amide bonds. The first-order chi connectivity index (χ1) is 9.43. The van der Waals surface area contributed by atoms with Crippen molar-refractivity contribution in [3.8, 4) is 0 Å². The van der Waals surface area contributed by atoms with Gasteiger partial charge in [0.25, 0.3) is 0 Å². The summed E-state index contributed by atoms with van der Waals surface area (Å²) in [5.41, 5.74) is 5.43. The molecule has 1 aliphatic carbocycles. The van der Waals surface area contributed by atoms with E-state index in [1.54, 1.807) is 11.9 Å². The summed E-state index contributed by atoms with van der Waals surface area (Å²) in [6, 6.07) is -0.507. The summed E-state index contributed by atoms with van der Waals surface area (Å²) in [6.07, 6.45) is 7.23. The van der Waals surface area contributed by atoms with Crippen LogP contribution in [0.3, 0.4) is 0 Å². The molecular weight excluding hydrogens is 256 g/mol. The highest BCUT2D eigenvalue weighted by Crippen LogP contribution is 2.36. The van der Waals surface area contributed by atoms with E-state index < -0.39 is 17.6 Å². The van der Waals surface area contributed by atoms with Crippen LogP contribution in [0.15, 0.2) is 0 Å². The molecule has 5 nitrogen and oxygen atoms in total. The Kier molecular flexibility index (Phi) is 6.46. The Morgan fingerprint density at radius 2 is 1.90 bits per heavy atom. The van der Waals surface area contributed by atoms with Crippen molar-refractivity contribution < 1.29 is 14.7 Å². The van der Waals surface area contributed by atoms with Crippen molar-refractivity contribution in [3.05, 3.63) is 0 Å². The summed E-state index contributed by atoms with van der Waals surface area (Å²) < 4.78 is 0. The topological polar surface area (TPSA) is 83.6 Å². The van der Waals surface area contributed by atoms with Gasteiger partial charge in [0.05, 0.1) is 18.0 Å². The smallest absolute Gasteiger partial charge is 0.305 e. The second kappa shape index (κ2) is 7.62. The van der Waals surface area contributed by atoms with Crippen molar-refractivity contribution in [2.75, 3.05) is 7.05 Å². The SMILES string of the molecule is CCCC[C@H](N)C(=O)N(C)C1(CC(=O)O)CCCCC1. The lowest BCUT2D eigenvalue weighted by molar-refractivity contribution is -0.146. The average Bonchev–Trinajstić information content (AvgIpc) is 2.43. The fraction of sp³-hybridized carbons (Fsp3) is 0.867. The number of amides is 1. The van der Waals surface area contributed by atoms with Crippen LogP contribution in [-0.2, 0) is 9.59 Å². The van der Waals surface area contributed by atoms with Gasteiger partial charge < -0.3 is 15.7 Å². The summed E-state index contributed by atoms with van der Waals surface area (Å²) in [4.78, 5) is 25.3. The quantitative estimate of drug-likeness (QED) is 0.750. The highest BCUT2D eigenvalue weighted by molar-refractivity contribution is 5.83. The molecule has 0 unspecified atom stereocenters. The molecule has 0 spiro atoms. The van der Waals surface area contributed by atoms with Gasteiger partial charge in [-0.15, -0.1) is 0 Å². The number of likely N-dealkylation sites (N-methyl/N-ethyl adjacent to an activating group) is 1. The number of hydrogen-bond donors (Lipinski definition) is 2. The summed E-state index contributed by atoms with van der Waals surface area (Å²) >= 11 is 0. The van der Waals surface area contributed by atoms with E-state index in [2.05, 4.69) is 6.92 Å². The van der Waals surface area contributed by atoms with E-state index in [1.165, 1.54) is 0 Å². The lowest BCUT2D eigenvalue weighted by atomic mass is 9.77. The lowest BCUT2D eigenvalue weighted by Gasteiger charge is -2.44. The molecule has 1 rings (SSSR count). The first kappa shape index (κ1) is 17.0. The molecule has 1 fully saturated rings. The normalized spacial score (nSPS) is 19.4. The maximum atomic E-state index is 12.4. The van der Waals surface area contributed by atoms with Gasteiger partial charge in [0.1, 0.15) is 0 Å². The Morgan fingerprint density at radius 3 is 2.40 bits per heavy atom. The highest BCUT2D eigenvalue weighted by Gasteiger charge is 2.41. The van der Waals surface area contributed by atoms with E-state index in [4.69, 9.17) is 5.73 Å². The molecule has 0 aromatic heterocycles. The summed E-state index contributed by atoms with van der Waals surface area (Å²) in [6.45, 7) is 2.06. The van der Waals surface area contributed by atoms with E-state index in [1.807, 2.05) is 0 Å². The zero-order chi connectivity index (χ0) is 15.2. The van der Waals surface area contributed by atoms with Gasteiger partial charge in [-0.2, -0.15) is 0 Å². The number of carboxylic acids is 1. The second-order valence-electron chi connectivity index (χ2n) is 6.00. The maximum Gasteiger partial charge on any atom is 0.305 e. The third kappa shape index (κ3) is 4.20. The van der Waals surface area contributed by atoms with Gasteiger partial charge >= 0.3 is 5.97 Å². The van der Waals surface area contributed by atoms with Crippen LogP contribution in [0.1, 0.15) is 64.7 Å². The molecule has 0 heterocycles. The average molecular weight is 284 g/mol. The van der Waals surface area contributed by atoms with Crippen molar-refractivity contribution in [3.63, 3.8) is 0 Å². The van der Waals surface area contributed by atoms with E-state index >= 15 is 0 Å². The zero-order valence-electron chi connectivity index (χ0n) is 12.7. The van der Waals surface area contributed by atoms with Crippen molar-refractivity contribution in [2.24, 2.45) is 5.73 Å². The van der Waals surface area contributed by atoms with Crippen molar-refractivity contribution in [1.82, 2.24) is 4.90 Å².